The summed E-state index contributed by atoms with van der Waals surface area (Å²) in [6, 6.07) is 5.01. The molecule has 1 fully saturated rings. The van der Waals surface area contributed by atoms with Crippen LogP contribution in [0.25, 0.3) is 0 Å². The monoisotopic (exact) mass is 302 g/mol. The Morgan fingerprint density at radius 1 is 1.37 bits per heavy atom. The maximum atomic E-state index is 12.0. The van der Waals surface area contributed by atoms with Crippen molar-refractivity contribution in [2.24, 2.45) is 5.73 Å². The van der Waals surface area contributed by atoms with Gasteiger partial charge >= 0.3 is 0 Å². The van der Waals surface area contributed by atoms with Crippen LogP contribution in [0.3, 0.4) is 0 Å². The quantitative estimate of drug-likeness (QED) is 0.928. The van der Waals surface area contributed by atoms with Gasteiger partial charge in [0.15, 0.2) is 6.61 Å². The first-order valence-electron chi connectivity index (χ1n) is 6.18. The Kier molecular flexibility index (Phi) is 4.91. The van der Waals surface area contributed by atoms with Crippen LogP contribution >= 0.6 is 23.2 Å². The largest absolute Gasteiger partial charge is 0.484 e. The van der Waals surface area contributed by atoms with Gasteiger partial charge in [0.2, 0.25) is 0 Å². The molecular formula is C13H16Cl2N2O2. The van der Waals surface area contributed by atoms with Gasteiger partial charge in [0.1, 0.15) is 5.75 Å². The van der Waals surface area contributed by atoms with Crippen LogP contribution in [0, 0.1) is 0 Å². The molecule has 4 nitrogen and oxygen atoms in total. The van der Waals surface area contributed by atoms with E-state index in [2.05, 4.69) is 0 Å². The molecule has 1 aromatic carbocycles. The molecule has 0 bridgehead atoms. The first kappa shape index (κ1) is 14.4. The summed E-state index contributed by atoms with van der Waals surface area (Å²) in [6.45, 7) is 1.22. The smallest absolute Gasteiger partial charge is 0.260 e. The zero-order chi connectivity index (χ0) is 13.8. The Bertz CT molecular complexity index is 448. The van der Waals surface area contributed by atoms with E-state index < -0.39 is 0 Å². The van der Waals surface area contributed by atoms with E-state index in [1.165, 1.54) is 0 Å². The maximum Gasteiger partial charge on any atom is 0.260 e. The molecule has 6 heteroatoms. The number of ether oxygens (including phenoxy) is 1. The third-order valence-corrected chi connectivity index (χ3v) is 3.60. The minimum Gasteiger partial charge on any atom is -0.484 e. The molecule has 1 unspecified atom stereocenters. The molecule has 104 valence electrons. The number of carbonyl (C=O) groups excluding carboxylic acids is 1. The van der Waals surface area contributed by atoms with Gasteiger partial charge in [-0.05, 0) is 31.0 Å². The number of benzene rings is 1. The van der Waals surface area contributed by atoms with Crippen LogP contribution in [0.15, 0.2) is 18.2 Å². The number of halogens is 2. The van der Waals surface area contributed by atoms with Crippen LogP contribution in [0.5, 0.6) is 5.75 Å². The molecule has 1 heterocycles. The number of nitrogens with two attached hydrogens (primary N) is 1. The standard InChI is InChI=1S/C13H16Cl2N2O2/c14-9-4-10(15)6-12(5-9)19-8-13(18)17-3-1-2-11(17)7-16/h4-6,11H,1-3,7-8,16H2. The van der Waals surface area contributed by atoms with Gasteiger partial charge in [0, 0.05) is 29.2 Å². The molecule has 0 spiro atoms. The summed E-state index contributed by atoms with van der Waals surface area (Å²) in [6.07, 6.45) is 1.96. The lowest BCUT2D eigenvalue weighted by molar-refractivity contribution is -0.134. The van der Waals surface area contributed by atoms with Crippen molar-refractivity contribution in [3.63, 3.8) is 0 Å². The molecule has 1 aliphatic rings. The van der Waals surface area contributed by atoms with Crippen molar-refractivity contribution in [3.8, 4) is 5.75 Å². The summed E-state index contributed by atoms with van der Waals surface area (Å²) >= 11 is 11.7. The van der Waals surface area contributed by atoms with Gasteiger partial charge in [-0.15, -0.1) is 0 Å². The average Bonchev–Trinajstić information content (AvgIpc) is 2.83. The molecule has 0 radical (unpaired) electrons. The van der Waals surface area contributed by atoms with E-state index in [0.717, 1.165) is 19.4 Å². The SMILES string of the molecule is NCC1CCCN1C(=O)COc1cc(Cl)cc(Cl)c1. The van der Waals surface area contributed by atoms with E-state index in [4.69, 9.17) is 33.7 Å². The molecule has 1 aliphatic heterocycles. The maximum absolute atomic E-state index is 12.0. The molecule has 1 saturated heterocycles. The van der Waals surface area contributed by atoms with Gasteiger partial charge < -0.3 is 15.4 Å². The zero-order valence-electron chi connectivity index (χ0n) is 10.4. The molecule has 19 heavy (non-hydrogen) atoms. The molecule has 1 atom stereocenters. The summed E-state index contributed by atoms with van der Waals surface area (Å²) < 4.78 is 5.43. The minimum absolute atomic E-state index is 0.0207. The van der Waals surface area contributed by atoms with Crippen molar-refractivity contribution in [1.29, 1.82) is 0 Å². The Balaban J connectivity index is 1.93. The number of hydrogen-bond acceptors (Lipinski definition) is 3. The van der Waals surface area contributed by atoms with Gasteiger partial charge in [-0.25, -0.2) is 0 Å². The lowest BCUT2D eigenvalue weighted by Gasteiger charge is -2.23. The van der Waals surface area contributed by atoms with Gasteiger partial charge in [-0.1, -0.05) is 23.2 Å². The van der Waals surface area contributed by atoms with E-state index in [-0.39, 0.29) is 18.6 Å². The molecular weight excluding hydrogens is 287 g/mol. The van der Waals surface area contributed by atoms with E-state index in [1.807, 2.05) is 0 Å². The predicted octanol–water partition coefficient (Wildman–Crippen LogP) is 2.32. The lowest BCUT2D eigenvalue weighted by atomic mass is 10.2. The highest BCUT2D eigenvalue weighted by Gasteiger charge is 2.27. The minimum atomic E-state index is -0.0518. The number of carbonyl (C=O) groups is 1. The number of nitrogens with zero attached hydrogens (tertiary/aromatic N) is 1. The van der Waals surface area contributed by atoms with Gasteiger partial charge in [-0.2, -0.15) is 0 Å². The Hall–Kier alpha value is -0.970. The van der Waals surface area contributed by atoms with Crippen LogP contribution in [-0.4, -0.2) is 36.5 Å². The fourth-order valence-electron chi connectivity index (χ4n) is 2.25. The van der Waals surface area contributed by atoms with E-state index >= 15 is 0 Å². The summed E-state index contributed by atoms with van der Waals surface area (Å²) in [5.41, 5.74) is 5.64. The second-order valence-corrected chi connectivity index (χ2v) is 5.39. The highest BCUT2D eigenvalue weighted by atomic mass is 35.5. The summed E-state index contributed by atoms with van der Waals surface area (Å²) in [5, 5.41) is 0.965. The van der Waals surface area contributed by atoms with Gasteiger partial charge in [0.05, 0.1) is 0 Å². The molecule has 2 rings (SSSR count). The van der Waals surface area contributed by atoms with Gasteiger partial charge in [-0.3, -0.25) is 4.79 Å². The zero-order valence-corrected chi connectivity index (χ0v) is 12.0. The second-order valence-electron chi connectivity index (χ2n) is 4.51. The van der Waals surface area contributed by atoms with Crippen molar-refractivity contribution in [1.82, 2.24) is 4.90 Å². The van der Waals surface area contributed by atoms with Crippen molar-refractivity contribution in [3.05, 3.63) is 28.2 Å². The van der Waals surface area contributed by atoms with Crippen LogP contribution in [0.2, 0.25) is 10.0 Å². The predicted molar refractivity (Wildman–Crippen MR) is 75.7 cm³/mol. The normalized spacial score (nSPS) is 18.7. The first-order chi connectivity index (χ1) is 9.10. The fraction of sp³-hybridized carbons (Fsp3) is 0.462. The van der Waals surface area contributed by atoms with Crippen LogP contribution in [-0.2, 0) is 4.79 Å². The first-order valence-corrected chi connectivity index (χ1v) is 6.94. The molecule has 0 aromatic heterocycles. The third-order valence-electron chi connectivity index (χ3n) is 3.17. The highest BCUT2D eigenvalue weighted by molar-refractivity contribution is 6.34. The van der Waals surface area contributed by atoms with Crippen molar-refractivity contribution < 1.29 is 9.53 Å². The van der Waals surface area contributed by atoms with Crippen molar-refractivity contribution in [2.75, 3.05) is 19.7 Å². The van der Waals surface area contributed by atoms with Crippen LogP contribution < -0.4 is 10.5 Å². The summed E-state index contributed by atoms with van der Waals surface area (Å²) in [5.74, 6) is 0.443. The van der Waals surface area contributed by atoms with Gasteiger partial charge in [0.25, 0.3) is 5.91 Å². The number of likely N-dealkylation sites (tertiary alicyclic amines) is 1. The molecule has 2 N–H and O–H groups in total. The average molecular weight is 303 g/mol. The summed E-state index contributed by atoms with van der Waals surface area (Å²) in [4.78, 5) is 13.8. The van der Waals surface area contributed by atoms with E-state index in [9.17, 15) is 4.79 Å². The Morgan fingerprint density at radius 2 is 2.05 bits per heavy atom. The van der Waals surface area contributed by atoms with Crippen molar-refractivity contribution >= 4 is 29.1 Å². The number of amides is 1. The Labute approximate surface area is 122 Å². The highest BCUT2D eigenvalue weighted by Crippen LogP contribution is 2.24. The molecule has 0 aliphatic carbocycles. The van der Waals surface area contributed by atoms with Crippen LogP contribution in [0.4, 0.5) is 0 Å². The van der Waals surface area contributed by atoms with Crippen molar-refractivity contribution in [2.45, 2.75) is 18.9 Å². The third kappa shape index (κ3) is 3.75. The fourth-order valence-corrected chi connectivity index (χ4v) is 2.75. The van der Waals surface area contributed by atoms with E-state index in [0.29, 0.717) is 22.3 Å². The Morgan fingerprint density at radius 3 is 2.68 bits per heavy atom. The van der Waals surface area contributed by atoms with Crippen LogP contribution in [0.1, 0.15) is 12.8 Å². The topological polar surface area (TPSA) is 55.6 Å². The molecule has 0 saturated carbocycles. The molecule has 1 aromatic rings. The number of hydrogen-bond donors (Lipinski definition) is 1. The second kappa shape index (κ2) is 6.46. The van der Waals surface area contributed by atoms with E-state index in [1.54, 1.807) is 23.1 Å². The molecule has 1 amide bonds. The summed E-state index contributed by atoms with van der Waals surface area (Å²) in [7, 11) is 0. The number of rotatable bonds is 4. The lowest BCUT2D eigenvalue weighted by Crippen LogP contribution is -2.42.